The summed E-state index contributed by atoms with van der Waals surface area (Å²) >= 11 is 1.52. The van der Waals surface area contributed by atoms with Crippen LogP contribution in [0.15, 0.2) is 76.3 Å². The smallest absolute Gasteiger partial charge is 0.231 e. The lowest BCUT2D eigenvalue weighted by atomic mass is 9.88. The van der Waals surface area contributed by atoms with Crippen molar-refractivity contribution >= 4 is 22.8 Å². The predicted molar refractivity (Wildman–Crippen MR) is 122 cm³/mol. The monoisotopic (exact) mass is 415 g/mol. The highest BCUT2D eigenvalue weighted by molar-refractivity contribution is 8.13. The zero-order valence-corrected chi connectivity index (χ0v) is 18.4. The molecule has 0 fully saturated rings. The number of nitrogens with one attached hydrogen (secondary N) is 1. The van der Waals surface area contributed by atoms with E-state index in [9.17, 15) is 9.18 Å². The van der Waals surface area contributed by atoms with Gasteiger partial charge in [0, 0.05) is 5.75 Å². The Morgan fingerprint density at radius 2 is 2.17 bits per heavy atom. The molecule has 156 valence electrons. The van der Waals surface area contributed by atoms with E-state index in [1.165, 1.54) is 17.8 Å². The maximum Gasteiger partial charge on any atom is 0.231 e. The van der Waals surface area contributed by atoms with Crippen LogP contribution in [-0.4, -0.2) is 22.4 Å². The third-order valence-electron chi connectivity index (χ3n) is 5.18. The number of nitrogens with two attached hydrogens (primary N) is 1. The molecule has 0 radical (unpaired) electrons. The SMILES string of the molecule is C=C/C=C(C)\C=C(\C)C(C)C(=O)NC1=CC(C2(C)CCSC(N)=N2)=CCC=C1F. The number of rotatable bonds is 6. The van der Waals surface area contributed by atoms with E-state index >= 15 is 0 Å². The van der Waals surface area contributed by atoms with Gasteiger partial charge in [-0.05, 0) is 58.3 Å². The Bertz CT molecular complexity index is 863. The highest BCUT2D eigenvalue weighted by Crippen LogP contribution is 2.35. The molecule has 0 bridgehead atoms. The van der Waals surface area contributed by atoms with Crippen molar-refractivity contribution in [3.8, 4) is 0 Å². The summed E-state index contributed by atoms with van der Waals surface area (Å²) in [5.41, 5.74) is 8.34. The molecular formula is C23H30FN3OS. The van der Waals surface area contributed by atoms with Gasteiger partial charge in [0.1, 0.15) is 5.83 Å². The zero-order valence-electron chi connectivity index (χ0n) is 17.6. The molecule has 1 amide bonds. The lowest BCUT2D eigenvalue weighted by Crippen LogP contribution is -2.33. The van der Waals surface area contributed by atoms with Gasteiger partial charge in [0.2, 0.25) is 5.91 Å². The summed E-state index contributed by atoms with van der Waals surface area (Å²) in [7, 11) is 0. The summed E-state index contributed by atoms with van der Waals surface area (Å²) in [4.78, 5) is 17.4. The molecule has 1 aliphatic carbocycles. The van der Waals surface area contributed by atoms with E-state index in [2.05, 4.69) is 16.9 Å². The fourth-order valence-corrected chi connectivity index (χ4v) is 4.19. The van der Waals surface area contributed by atoms with Gasteiger partial charge < -0.3 is 11.1 Å². The third kappa shape index (κ3) is 6.07. The van der Waals surface area contributed by atoms with Gasteiger partial charge >= 0.3 is 0 Å². The molecule has 0 aromatic rings. The van der Waals surface area contributed by atoms with E-state index in [-0.39, 0.29) is 11.6 Å². The number of hydrogen-bond donors (Lipinski definition) is 2. The molecule has 2 aliphatic rings. The Kier molecular flexibility index (Phi) is 7.85. The lowest BCUT2D eigenvalue weighted by Gasteiger charge is -2.31. The zero-order chi connectivity index (χ0) is 21.6. The van der Waals surface area contributed by atoms with Crippen LogP contribution >= 0.6 is 11.8 Å². The van der Waals surface area contributed by atoms with Crippen LogP contribution in [0.3, 0.4) is 0 Å². The number of allylic oxidation sites excluding steroid dienone is 7. The second-order valence-corrected chi connectivity index (χ2v) is 8.69. The first-order valence-electron chi connectivity index (χ1n) is 9.71. The standard InChI is InChI=1S/C23H30FN3OS/c1-6-8-15(2)13-16(3)17(4)21(28)26-20-14-18(9-7-10-19(20)24)23(5)11-12-29-22(25)27-23/h6,8-10,13-14,17H,1,7,11-12H2,2-5H3,(H2,25,27)(H,26,28)/b15-8-,16-13-. The van der Waals surface area contributed by atoms with Crippen molar-refractivity contribution in [3.05, 3.63) is 71.3 Å². The predicted octanol–water partition coefficient (Wildman–Crippen LogP) is 5.10. The molecule has 0 aromatic carbocycles. The first kappa shape index (κ1) is 22.9. The number of hydrogen-bond acceptors (Lipinski definition) is 4. The van der Waals surface area contributed by atoms with Crippen LogP contribution in [0.5, 0.6) is 0 Å². The topological polar surface area (TPSA) is 67.5 Å². The second kappa shape index (κ2) is 9.92. The van der Waals surface area contributed by atoms with Crippen molar-refractivity contribution in [1.29, 1.82) is 0 Å². The number of thioether (sulfide) groups is 1. The number of carbonyl (C=O) groups excluding carboxylic acids is 1. The largest absolute Gasteiger partial charge is 0.379 e. The molecule has 3 N–H and O–H groups in total. The van der Waals surface area contributed by atoms with Gasteiger partial charge in [-0.25, -0.2) is 4.39 Å². The van der Waals surface area contributed by atoms with Crippen LogP contribution in [0.2, 0.25) is 0 Å². The Morgan fingerprint density at radius 1 is 1.45 bits per heavy atom. The first-order valence-corrected chi connectivity index (χ1v) is 10.7. The van der Waals surface area contributed by atoms with E-state index < -0.39 is 17.3 Å². The Morgan fingerprint density at radius 3 is 2.83 bits per heavy atom. The minimum Gasteiger partial charge on any atom is -0.379 e. The quantitative estimate of drug-likeness (QED) is 0.594. The summed E-state index contributed by atoms with van der Waals surface area (Å²) < 4.78 is 14.6. The first-order chi connectivity index (χ1) is 13.7. The summed E-state index contributed by atoms with van der Waals surface area (Å²) in [5.74, 6) is -0.240. The second-order valence-electron chi connectivity index (χ2n) is 7.57. The Hall–Kier alpha value is -2.34. The van der Waals surface area contributed by atoms with Gasteiger partial charge in [0.25, 0.3) is 0 Å². The highest BCUT2D eigenvalue weighted by Gasteiger charge is 2.32. The van der Waals surface area contributed by atoms with E-state index in [1.54, 1.807) is 12.2 Å². The minimum atomic E-state index is -0.516. The van der Waals surface area contributed by atoms with Crippen LogP contribution in [0.25, 0.3) is 0 Å². The molecule has 29 heavy (non-hydrogen) atoms. The molecule has 4 nitrogen and oxygen atoms in total. The number of carbonyl (C=O) groups is 1. The van der Waals surface area contributed by atoms with Crippen LogP contribution in [0.4, 0.5) is 4.39 Å². The van der Waals surface area contributed by atoms with Crippen molar-refractivity contribution in [2.24, 2.45) is 16.6 Å². The Balaban J connectivity index is 2.25. The maximum absolute atomic E-state index is 14.6. The molecule has 0 saturated carbocycles. The number of amides is 1. The molecule has 0 spiro atoms. The van der Waals surface area contributed by atoms with Crippen molar-refractivity contribution < 1.29 is 9.18 Å². The molecule has 2 rings (SSSR count). The summed E-state index contributed by atoms with van der Waals surface area (Å²) in [6.45, 7) is 11.3. The van der Waals surface area contributed by atoms with Gasteiger partial charge in [0.05, 0.1) is 17.2 Å². The normalized spacial score (nSPS) is 24.4. The van der Waals surface area contributed by atoms with Crippen LogP contribution in [0, 0.1) is 5.92 Å². The summed E-state index contributed by atoms with van der Waals surface area (Å²) in [5, 5.41) is 3.30. The molecule has 6 heteroatoms. The van der Waals surface area contributed by atoms with Gasteiger partial charge in [-0.3, -0.25) is 9.79 Å². The van der Waals surface area contributed by atoms with Gasteiger partial charge in [-0.15, -0.1) is 0 Å². The molecule has 2 atom stereocenters. The molecular weight excluding hydrogens is 385 g/mol. The Labute approximate surface area is 177 Å². The maximum atomic E-state index is 14.6. The lowest BCUT2D eigenvalue weighted by molar-refractivity contribution is -0.122. The van der Waals surface area contributed by atoms with E-state index in [0.29, 0.717) is 11.6 Å². The molecule has 0 saturated heterocycles. The molecule has 2 unspecified atom stereocenters. The van der Waals surface area contributed by atoms with Crippen molar-refractivity contribution in [2.75, 3.05) is 5.75 Å². The average molecular weight is 416 g/mol. The van der Waals surface area contributed by atoms with Crippen molar-refractivity contribution in [2.45, 2.75) is 46.1 Å². The van der Waals surface area contributed by atoms with Crippen LogP contribution in [-0.2, 0) is 4.79 Å². The number of nitrogens with zero attached hydrogens (tertiary/aromatic N) is 1. The van der Waals surface area contributed by atoms with Gasteiger partial charge in [-0.1, -0.05) is 53.8 Å². The average Bonchev–Trinajstić information content (AvgIpc) is 2.83. The van der Waals surface area contributed by atoms with E-state index in [4.69, 9.17) is 5.73 Å². The van der Waals surface area contributed by atoms with Crippen LogP contribution < -0.4 is 11.1 Å². The van der Waals surface area contributed by atoms with Crippen molar-refractivity contribution in [3.63, 3.8) is 0 Å². The highest BCUT2D eigenvalue weighted by atomic mass is 32.2. The fraction of sp³-hybridized carbons (Fsp3) is 0.391. The number of amidine groups is 1. The number of aliphatic imine (C=N–C) groups is 1. The third-order valence-corrected chi connectivity index (χ3v) is 5.98. The minimum absolute atomic E-state index is 0.171. The van der Waals surface area contributed by atoms with E-state index in [0.717, 1.165) is 28.9 Å². The van der Waals surface area contributed by atoms with Crippen LogP contribution in [0.1, 0.15) is 40.5 Å². The van der Waals surface area contributed by atoms with E-state index in [1.807, 2.05) is 45.9 Å². The number of halogens is 1. The fourth-order valence-electron chi connectivity index (χ4n) is 3.21. The van der Waals surface area contributed by atoms with Crippen molar-refractivity contribution in [1.82, 2.24) is 5.32 Å². The van der Waals surface area contributed by atoms with Gasteiger partial charge in [-0.2, -0.15) is 0 Å². The molecule has 1 heterocycles. The summed E-state index contributed by atoms with van der Waals surface area (Å²) in [6, 6.07) is 0. The van der Waals surface area contributed by atoms with Gasteiger partial charge in [0.15, 0.2) is 5.17 Å². The summed E-state index contributed by atoms with van der Waals surface area (Å²) in [6.07, 6.45) is 11.9. The molecule has 1 aliphatic heterocycles. The molecule has 0 aromatic heterocycles.